The van der Waals surface area contributed by atoms with Gasteiger partial charge in [-0.1, -0.05) is 43.3 Å². The minimum Gasteiger partial charge on any atom is -0.385 e. The number of fused-ring (bicyclic) bond motifs is 1. The molecule has 2 aromatic rings. The Labute approximate surface area is 109 Å². The molecule has 0 aliphatic carbocycles. The SMILES string of the molecule is CCc1cccc(-c2ccc3c(c2)NCCC3)c1. The Morgan fingerprint density at radius 1 is 1.06 bits per heavy atom. The van der Waals surface area contributed by atoms with Crippen molar-refractivity contribution in [2.45, 2.75) is 26.2 Å². The van der Waals surface area contributed by atoms with Gasteiger partial charge in [0.25, 0.3) is 0 Å². The summed E-state index contributed by atoms with van der Waals surface area (Å²) in [7, 11) is 0. The molecule has 3 rings (SSSR count). The quantitative estimate of drug-likeness (QED) is 0.822. The van der Waals surface area contributed by atoms with E-state index in [0.717, 1.165) is 13.0 Å². The topological polar surface area (TPSA) is 12.0 Å². The Morgan fingerprint density at radius 3 is 2.83 bits per heavy atom. The molecule has 0 unspecified atom stereocenters. The summed E-state index contributed by atoms with van der Waals surface area (Å²) in [6, 6.07) is 15.7. The highest BCUT2D eigenvalue weighted by atomic mass is 14.9. The Balaban J connectivity index is 2.00. The highest BCUT2D eigenvalue weighted by Gasteiger charge is 2.09. The van der Waals surface area contributed by atoms with Crippen molar-refractivity contribution < 1.29 is 0 Å². The molecule has 0 aromatic heterocycles. The van der Waals surface area contributed by atoms with Crippen LogP contribution in [0.2, 0.25) is 0 Å². The molecule has 0 saturated heterocycles. The van der Waals surface area contributed by atoms with Crippen molar-refractivity contribution in [2.24, 2.45) is 0 Å². The van der Waals surface area contributed by atoms with Crippen LogP contribution in [-0.2, 0) is 12.8 Å². The van der Waals surface area contributed by atoms with Gasteiger partial charge in [-0.2, -0.15) is 0 Å². The van der Waals surface area contributed by atoms with E-state index in [2.05, 4.69) is 54.7 Å². The average molecular weight is 237 g/mol. The lowest BCUT2D eigenvalue weighted by atomic mass is 9.97. The number of anilines is 1. The summed E-state index contributed by atoms with van der Waals surface area (Å²) in [5.41, 5.74) is 6.82. The van der Waals surface area contributed by atoms with Crippen molar-refractivity contribution in [3.8, 4) is 11.1 Å². The molecule has 0 amide bonds. The van der Waals surface area contributed by atoms with Gasteiger partial charge in [-0.3, -0.25) is 0 Å². The first kappa shape index (κ1) is 11.3. The third-order valence-electron chi connectivity index (χ3n) is 3.72. The van der Waals surface area contributed by atoms with Gasteiger partial charge in [-0.15, -0.1) is 0 Å². The second kappa shape index (κ2) is 4.85. The number of hydrogen-bond acceptors (Lipinski definition) is 1. The normalized spacial score (nSPS) is 13.8. The molecule has 1 aliphatic heterocycles. The number of hydrogen-bond donors (Lipinski definition) is 1. The van der Waals surface area contributed by atoms with Gasteiger partial charge in [-0.25, -0.2) is 0 Å². The Hall–Kier alpha value is -1.76. The van der Waals surface area contributed by atoms with Crippen molar-refractivity contribution >= 4 is 5.69 Å². The predicted octanol–water partition coefficient (Wildman–Crippen LogP) is 4.27. The van der Waals surface area contributed by atoms with Crippen molar-refractivity contribution in [3.63, 3.8) is 0 Å². The predicted molar refractivity (Wildman–Crippen MR) is 78.1 cm³/mol. The first-order chi connectivity index (χ1) is 8.86. The van der Waals surface area contributed by atoms with Gasteiger partial charge in [0.1, 0.15) is 0 Å². The second-order valence-corrected chi connectivity index (χ2v) is 4.96. The van der Waals surface area contributed by atoms with Gasteiger partial charge in [0.05, 0.1) is 0 Å². The maximum absolute atomic E-state index is 3.50. The minimum absolute atomic E-state index is 1.09. The van der Waals surface area contributed by atoms with Crippen LogP contribution in [0.3, 0.4) is 0 Å². The largest absolute Gasteiger partial charge is 0.385 e. The highest BCUT2D eigenvalue weighted by Crippen LogP contribution is 2.29. The average Bonchev–Trinajstić information content (AvgIpc) is 2.47. The summed E-state index contributed by atoms with van der Waals surface area (Å²) in [4.78, 5) is 0. The fourth-order valence-corrected chi connectivity index (χ4v) is 2.61. The number of aryl methyl sites for hydroxylation is 2. The summed E-state index contributed by atoms with van der Waals surface area (Å²) in [5, 5.41) is 3.50. The molecule has 0 bridgehead atoms. The van der Waals surface area contributed by atoms with Crippen molar-refractivity contribution in [2.75, 3.05) is 11.9 Å². The maximum Gasteiger partial charge on any atom is 0.0378 e. The Bertz CT molecular complexity index is 557. The third-order valence-corrected chi connectivity index (χ3v) is 3.72. The molecular weight excluding hydrogens is 218 g/mol. The molecule has 0 spiro atoms. The van der Waals surface area contributed by atoms with E-state index in [1.807, 2.05) is 0 Å². The van der Waals surface area contributed by atoms with E-state index in [1.165, 1.54) is 40.8 Å². The van der Waals surface area contributed by atoms with Crippen LogP contribution in [0.5, 0.6) is 0 Å². The molecule has 0 atom stereocenters. The lowest BCUT2D eigenvalue weighted by molar-refractivity contribution is 0.830. The third kappa shape index (κ3) is 2.13. The van der Waals surface area contributed by atoms with Crippen LogP contribution in [0, 0.1) is 0 Å². The Morgan fingerprint density at radius 2 is 1.94 bits per heavy atom. The van der Waals surface area contributed by atoms with Crippen LogP contribution in [0.4, 0.5) is 5.69 Å². The van der Waals surface area contributed by atoms with E-state index in [-0.39, 0.29) is 0 Å². The molecule has 18 heavy (non-hydrogen) atoms. The molecular formula is C17H19N. The van der Waals surface area contributed by atoms with Crippen LogP contribution in [-0.4, -0.2) is 6.54 Å². The van der Waals surface area contributed by atoms with Gasteiger partial charge < -0.3 is 5.32 Å². The summed E-state index contributed by atoms with van der Waals surface area (Å²) in [5.74, 6) is 0. The zero-order chi connectivity index (χ0) is 12.4. The molecule has 1 heteroatoms. The fourth-order valence-electron chi connectivity index (χ4n) is 2.61. The van der Waals surface area contributed by atoms with E-state index in [1.54, 1.807) is 0 Å². The molecule has 0 saturated carbocycles. The number of nitrogens with one attached hydrogen (secondary N) is 1. The van der Waals surface area contributed by atoms with Gasteiger partial charge in [0, 0.05) is 12.2 Å². The first-order valence-electron chi connectivity index (χ1n) is 6.83. The van der Waals surface area contributed by atoms with Crippen molar-refractivity contribution in [3.05, 3.63) is 53.6 Å². The molecule has 1 nitrogen and oxygen atoms in total. The number of rotatable bonds is 2. The van der Waals surface area contributed by atoms with Crippen LogP contribution in [0.15, 0.2) is 42.5 Å². The van der Waals surface area contributed by atoms with E-state index >= 15 is 0 Å². The second-order valence-electron chi connectivity index (χ2n) is 4.96. The van der Waals surface area contributed by atoms with E-state index in [9.17, 15) is 0 Å². The lowest BCUT2D eigenvalue weighted by Crippen LogP contribution is -2.11. The lowest BCUT2D eigenvalue weighted by Gasteiger charge is -2.19. The van der Waals surface area contributed by atoms with Crippen LogP contribution in [0.1, 0.15) is 24.5 Å². The van der Waals surface area contributed by atoms with Crippen molar-refractivity contribution in [1.82, 2.24) is 0 Å². The van der Waals surface area contributed by atoms with E-state index in [4.69, 9.17) is 0 Å². The van der Waals surface area contributed by atoms with Crippen molar-refractivity contribution in [1.29, 1.82) is 0 Å². The molecule has 2 aromatic carbocycles. The standard InChI is InChI=1S/C17H19N/c1-2-13-5-3-6-15(11-13)16-9-8-14-7-4-10-18-17(14)12-16/h3,5-6,8-9,11-12,18H,2,4,7,10H2,1H3. The van der Waals surface area contributed by atoms with Gasteiger partial charge >= 0.3 is 0 Å². The van der Waals surface area contributed by atoms with Gasteiger partial charge in [0.2, 0.25) is 0 Å². The van der Waals surface area contributed by atoms with Crippen LogP contribution >= 0.6 is 0 Å². The molecule has 0 radical (unpaired) electrons. The summed E-state index contributed by atoms with van der Waals surface area (Å²) in [6.07, 6.45) is 3.55. The zero-order valence-corrected chi connectivity index (χ0v) is 10.9. The molecule has 1 N–H and O–H groups in total. The van der Waals surface area contributed by atoms with Crippen LogP contribution in [0.25, 0.3) is 11.1 Å². The molecule has 0 fully saturated rings. The minimum atomic E-state index is 1.09. The first-order valence-corrected chi connectivity index (χ1v) is 6.83. The monoisotopic (exact) mass is 237 g/mol. The van der Waals surface area contributed by atoms with Crippen LogP contribution < -0.4 is 5.32 Å². The maximum atomic E-state index is 3.50. The molecule has 92 valence electrons. The van der Waals surface area contributed by atoms with Gasteiger partial charge in [-0.05, 0) is 47.6 Å². The molecule has 1 aliphatic rings. The summed E-state index contributed by atoms with van der Waals surface area (Å²) >= 11 is 0. The highest BCUT2D eigenvalue weighted by molar-refractivity contribution is 5.71. The van der Waals surface area contributed by atoms with E-state index in [0.29, 0.717) is 0 Å². The summed E-state index contributed by atoms with van der Waals surface area (Å²) in [6.45, 7) is 3.30. The smallest absolute Gasteiger partial charge is 0.0378 e. The Kier molecular flexibility index (Phi) is 3.06. The zero-order valence-electron chi connectivity index (χ0n) is 10.9. The summed E-state index contributed by atoms with van der Waals surface area (Å²) < 4.78 is 0. The fraction of sp³-hybridized carbons (Fsp3) is 0.294. The van der Waals surface area contributed by atoms with Gasteiger partial charge in [0.15, 0.2) is 0 Å². The number of benzene rings is 2. The van der Waals surface area contributed by atoms with E-state index < -0.39 is 0 Å². The molecule has 1 heterocycles.